The maximum absolute atomic E-state index is 5.38. The number of rotatable bonds is 6. The molecule has 1 aromatic carbocycles. The molecule has 0 radical (unpaired) electrons. The molecule has 19 heavy (non-hydrogen) atoms. The molecule has 0 saturated heterocycles. The van der Waals surface area contributed by atoms with Crippen LogP contribution in [-0.2, 0) is 13.0 Å². The number of benzene rings is 1. The third-order valence-corrected chi connectivity index (χ3v) is 4.16. The molecule has 0 saturated carbocycles. The third-order valence-electron chi connectivity index (χ3n) is 3.01. The van der Waals surface area contributed by atoms with Gasteiger partial charge in [-0.2, -0.15) is 0 Å². The Morgan fingerprint density at radius 3 is 2.84 bits per heavy atom. The zero-order chi connectivity index (χ0) is 13.7. The average Bonchev–Trinajstić information content (AvgIpc) is 2.77. The molecular weight excluding hydrogens is 256 g/mol. The molecule has 0 unspecified atom stereocenters. The highest BCUT2D eigenvalue weighted by Crippen LogP contribution is 2.25. The fraction of sp³-hybridized carbons (Fsp3) is 0.400. The molecule has 0 fully saturated rings. The monoisotopic (exact) mass is 276 g/mol. The lowest BCUT2D eigenvalue weighted by Crippen LogP contribution is -2.11. The first kappa shape index (κ1) is 14.0. The molecule has 0 aliphatic heterocycles. The van der Waals surface area contributed by atoms with E-state index in [1.165, 1.54) is 10.4 Å². The Morgan fingerprint density at radius 1 is 1.32 bits per heavy atom. The van der Waals surface area contributed by atoms with Gasteiger partial charge in [0.15, 0.2) is 0 Å². The lowest BCUT2D eigenvalue weighted by atomic mass is 10.1. The SMILES string of the molecule is CCNCc1sc(Cc2ccccc2OC)nc1C. The van der Waals surface area contributed by atoms with Crippen molar-refractivity contribution < 1.29 is 4.74 Å². The summed E-state index contributed by atoms with van der Waals surface area (Å²) in [5.74, 6) is 0.934. The molecule has 2 aromatic rings. The number of methoxy groups -OCH3 is 1. The van der Waals surface area contributed by atoms with Crippen LogP contribution in [0.4, 0.5) is 0 Å². The van der Waals surface area contributed by atoms with Crippen molar-refractivity contribution in [3.63, 3.8) is 0 Å². The number of ether oxygens (including phenoxy) is 1. The van der Waals surface area contributed by atoms with E-state index < -0.39 is 0 Å². The average molecular weight is 276 g/mol. The number of aryl methyl sites for hydroxylation is 1. The molecule has 0 bridgehead atoms. The molecule has 0 aliphatic rings. The van der Waals surface area contributed by atoms with E-state index in [2.05, 4.69) is 30.2 Å². The van der Waals surface area contributed by atoms with Gasteiger partial charge in [-0.1, -0.05) is 25.1 Å². The normalized spacial score (nSPS) is 10.7. The van der Waals surface area contributed by atoms with Crippen molar-refractivity contribution in [2.24, 2.45) is 0 Å². The summed E-state index contributed by atoms with van der Waals surface area (Å²) >= 11 is 1.78. The number of nitrogens with one attached hydrogen (secondary N) is 1. The van der Waals surface area contributed by atoms with Crippen molar-refractivity contribution >= 4 is 11.3 Å². The van der Waals surface area contributed by atoms with Gasteiger partial charge in [-0.25, -0.2) is 4.98 Å². The van der Waals surface area contributed by atoms with Crippen LogP contribution in [0.5, 0.6) is 5.75 Å². The van der Waals surface area contributed by atoms with E-state index >= 15 is 0 Å². The van der Waals surface area contributed by atoms with E-state index in [9.17, 15) is 0 Å². The highest BCUT2D eigenvalue weighted by molar-refractivity contribution is 7.11. The van der Waals surface area contributed by atoms with Gasteiger partial charge < -0.3 is 10.1 Å². The predicted octanol–water partition coefficient (Wildman–Crippen LogP) is 3.16. The summed E-state index contributed by atoms with van der Waals surface area (Å²) in [6, 6.07) is 8.12. The largest absolute Gasteiger partial charge is 0.496 e. The van der Waals surface area contributed by atoms with Gasteiger partial charge >= 0.3 is 0 Å². The highest BCUT2D eigenvalue weighted by atomic mass is 32.1. The molecule has 0 aliphatic carbocycles. The van der Waals surface area contributed by atoms with E-state index in [1.807, 2.05) is 18.2 Å². The molecule has 1 aromatic heterocycles. The second-order valence-electron chi connectivity index (χ2n) is 4.39. The van der Waals surface area contributed by atoms with E-state index in [4.69, 9.17) is 4.74 Å². The Hall–Kier alpha value is -1.39. The Labute approximate surface area is 118 Å². The van der Waals surface area contributed by atoms with Crippen LogP contribution in [-0.4, -0.2) is 18.6 Å². The highest BCUT2D eigenvalue weighted by Gasteiger charge is 2.10. The first-order chi connectivity index (χ1) is 9.24. The summed E-state index contributed by atoms with van der Waals surface area (Å²) in [5, 5.41) is 4.50. The minimum Gasteiger partial charge on any atom is -0.496 e. The molecule has 102 valence electrons. The summed E-state index contributed by atoms with van der Waals surface area (Å²) in [5.41, 5.74) is 2.32. The third kappa shape index (κ3) is 3.55. The van der Waals surface area contributed by atoms with Crippen molar-refractivity contribution in [3.8, 4) is 5.75 Å². The molecule has 0 amide bonds. The van der Waals surface area contributed by atoms with E-state index in [0.717, 1.165) is 36.0 Å². The number of nitrogens with zero attached hydrogens (tertiary/aromatic N) is 1. The van der Waals surface area contributed by atoms with E-state index in [-0.39, 0.29) is 0 Å². The van der Waals surface area contributed by atoms with Crippen molar-refractivity contribution in [1.82, 2.24) is 10.3 Å². The maximum Gasteiger partial charge on any atom is 0.122 e. The summed E-state index contributed by atoms with van der Waals surface area (Å²) in [7, 11) is 1.71. The minimum absolute atomic E-state index is 0.835. The number of hydrogen-bond donors (Lipinski definition) is 1. The van der Waals surface area contributed by atoms with Crippen LogP contribution in [0.1, 0.15) is 28.1 Å². The van der Waals surface area contributed by atoms with Crippen LogP contribution in [0.15, 0.2) is 24.3 Å². The Kier molecular flexibility index (Phi) is 4.93. The van der Waals surface area contributed by atoms with Gasteiger partial charge in [-0.05, 0) is 19.5 Å². The summed E-state index contributed by atoms with van der Waals surface area (Å²) in [6.07, 6.45) is 0.835. The first-order valence-corrected chi connectivity index (χ1v) is 7.34. The predicted molar refractivity (Wildman–Crippen MR) is 80.0 cm³/mol. The van der Waals surface area contributed by atoms with Crippen LogP contribution in [0.3, 0.4) is 0 Å². The molecule has 1 N–H and O–H groups in total. The van der Waals surface area contributed by atoms with Crippen molar-refractivity contribution in [3.05, 3.63) is 45.4 Å². The summed E-state index contributed by atoms with van der Waals surface area (Å²) in [6.45, 7) is 6.09. The number of aromatic nitrogens is 1. The van der Waals surface area contributed by atoms with Gasteiger partial charge in [0.1, 0.15) is 5.75 Å². The summed E-state index contributed by atoms with van der Waals surface area (Å²) < 4.78 is 5.38. The minimum atomic E-state index is 0.835. The molecule has 1 heterocycles. The number of hydrogen-bond acceptors (Lipinski definition) is 4. The lowest BCUT2D eigenvalue weighted by molar-refractivity contribution is 0.410. The molecule has 0 atom stereocenters. The van der Waals surface area contributed by atoms with Crippen molar-refractivity contribution in [2.75, 3.05) is 13.7 Å². The van der Waals surface area contributed by atoms with Crippen LogP contribution in [0.25, 0.3) is 0 Å². The van der Waals surface area contributed by atoms with Gasteiger partial charge in [0, 0.05) is 23.4 Å². The van der Waals surface area contributed by atoms with Crippen molar-refractivity contribution in [1.29, 1.82) is 0 Å². The molecular formula is C15H20N2OS. The molecule has 0 spiro atoms. The van der Waals surface area contributed by atoms with E-state index in [0.29, 0.717) is 0 Å². The Bertz CT molecular complexity index is 537. The van der Waals surface area contributed by atoms with E-state index in [1.54, 1.807) is 18.4 Å². The quantitative estimate of drug-likeness (QED) is 0.880. The standard InChI is InChI=1S/C15H20N2OS/c1-4-16-10-14-11(2)17-15(19-14)9-12-7-5-6-8-13(12)18-3/h5-8,16H,4,9-10H2,1-3H3. The zero-order valence-electron chi connectivity index (χ0n) is 11.7. The Balaban J connectivity index is 2.14. The van der Waals surface area contributed by atoms with Gasteiger partial charge in [0.05, 0.1) is 17.8 Å². The lowest BCUT2D eigenvalue weighted by Gasteiger charge is -2.05. The fourth-order valence-electron chi connectivity index (χ4n) is 1.98. The number of para-hydroxylation sites is 1. The smallest absolute Gasteiger partial charge is 0.122 e. The fourth-order valence-corrected chi connectivity index (χ4v) is 3.04. The zero-order valence-corrected chi connectivity index (χ0v) is 12.5. The van der Waals surface area contributed by atoms with Crippen molar-refractivity contribution in [2.45, 2.75) is 26.8 Å². The van der Waals surface area contributed by atoms with Crippen LogP contribution < -0.4 is 10.1 Å². The molecule has 3 nitrogen and oxygen atoms in total. The van der Waals surface area contributed by atoms with Gasteiger partial charge in [-0.15, -0.1) is 11.3 Å². The van der Waals surface area contributed by atoms with Crippen LogP contribution in [0, 0.1) is 6.92 Å². The van der Waals surface area contributed by atoms with Crippen LogP contribution in [0.2, 0.25) is 0 Å². The molecule has 2 rings (SSSR count). The van der Waals surface area contributed by atoms with Crippen LogP contribution >= 0.6 is 11.3 Å². The van der Waals surface area contributed by atoms with Gasteiger partial charge in [0.2, 0.25) is 0 Å². The Morgan fingerprint density at radius 2 is 2.11 bits per heavy atom. The van der Waals surface area contributed by atoms with Gasteiger partial charge in [-0.3, -0.25) is 0 Å². The number of thiazole rings is 1. The second kappa shape index (κ2) is 6.68. The maximum atomic E-state index is 5.38. The first-order valence-electron chi connectivity index (χ1n) is 6.52. The summed E-state index contributed by atoms with van der Waals surface area (Å²) in [4.78, 5) is 5.98. The molecule has 4 heteroatoms. The van der Waals surface area contributed by atoms with Gasteiger partial charge in [0.25, 0.3) is 0 Å². The second-order valence-corrected chi connectivity index (χ2v) is 5.55. The topological polar surface area (TPSA) is 34.1 Å².